The quantitative estimate of drug-likeness (QED) is 0.700. The first-order valence-corrected chi connectivity index (χ1v) is 3.56. The van der Waals surface area contributed by atoms with Crippen LogP contribution in [0.15, 0.2) is 12.1 Å². The molecule has 0 aliphatic rings. The first-order valence-electron chi connectivity index (χ1n) is 3.56. The number of aromatic nitrogens is 1. The fraction of sp³-hybridized carbons (Fsp3) is 0.250. The number of halogens is 3. The normalized spacial score (nSPS) is 10.8. The molecule has 3 nitrogen and oxygen atoms in total. The van der Waals surface area contributed by atoms with Crippen molar-refractivity contribution in [2.24, 2.45) is 0 Å². The van der Waals surface area contributed by atoms with Crippen molar-refractivity contribution in [1.29, 1.82) is 5.26 Å². The molecule has 0 saturated heterocycles. The molecule has 0 radical (unpaired) electrons. The molecule has 0 amide bonds. The molecule has 0 spiro atoms. The van der Waals surface area contributed by atoms with Crippen LogP contribution in [0.4, 0.5) is 13.2 Å². The highest BCUT2D eigenvalue weighted by Gasteiger charge is 2.31. The van der Waals surface area contributed by atoms with Crippen LogP contribution >= 0.6 is 0 Å². The van der Waals surface area contributed by atoms with Gasteiger partial charge in [0, 0.05) is 6.07 Å². The number of nitriles is 1. The van der Waals surface area contributed by atoms with Gasteiger partial charge in [0.05, 0.1) is 0 Å². The Hall–Kier alpha value is -1.77. The first kappa shape index (κ1) is 10.3. The molecular weight excluding hydrogens is 197 g/mol. The SMILES string of the molecule is Cc1ccc(OC(F)(F)F)nc1C#N. The summed E-state index contributed by atoms with van der Waals surface area (Å²) in [6, 6.07) is 4.06. The molecule has 0 atom stereocenters. The third-order valence-electron chi connectivity index (χ3n) is 1.40. The number of nitrogens with zero attached hydrogens (tertiary/aromatic N) is 2. The maximum absolute atomic E-state index is 11.7. The van der Waals surface area contributed by atoms with Gasteiger partial charge in [-0.1, -0.05) is 6.07 Å². The standard InChI is InChI=1S/C8H5F3N2O/c1-5-2-3-7(13-6(5)4-12)14-8(9,10)11/h2-3H,1H3. The predicted molar refractivity (Wildman–Crippen MR) is 40.4 cm³/mol. The average Bonchev–Trinajstić information content (AvgIpc) is 2.06. The van der Waals surface area contributed by atoms with Gasteiger partial charge in [0.25, 0.3) is 0 Å². The van der Waals surface area contributed by atoms with Crippen molar-refractivity contribution in [2.45, 2.75) is 13.3 Å². The average molecular weight is 202 g/mol. The Morgan fingerprint density at radius 3 is 2.57 bits per heavy atom. The molecule has 74 valence electrons. The number of pyridine rings is 1. The van der Waals surface area contributed by atoms with E-state index in [1.165, 1.54) is 6.07 Å². The number of hydrogen-bond acceptors (Lipinski definition) is 3. The van der Waals surface area contributed by atoms with Crippen molar-refractivity contribution in [2.75, 3.05) is 0 Å². The summed E-state index contributed by atoms with van der Waals surface area (Å²) in [4.78, 5) is 3.37. The highest BCUT2D eigenvalue weighted by atomic mass is 19.4. The van der Waals surface area contributed by atoms with Crippen LogP contribution in [0.3, 0.4) is 0 Å². The number of ether oxygens (including phenoxy) is 1. The summed E-state index contributed by atoms with van der Waals surface area (Å²) in [5, 5.41) is 8.49. The van der Waals surface area contributed by atoms with E-state index < -0.39 is 12.2 Å². The molecule has 0 fully saturated rings. The highest BCUT2D eigenvalue weighted by molar-refractivity contribution is 5.33. The Morgan fingerprint density at radius 2 is 2.07 bits per heavy atom. The van der Waals surface area contributed by atoms with E-state index in [0.717, 1.165) is 6.07 Å². The summed E-state index contributed by atoms with van der Waals surface area (Å²) < 4.78 is 38.7. The summed E-state index contributed by atoms with van der Waals surface area (Å²) >= 11 is 0. The lowest BCUT2D eigenvalue weighted by molar-refractivity contribution is -0.276. The van der Waals surface area contributed by atoms with Crippen LogP contribution in [0.5, 0.6) is 5.88 Å². The first-order chi connectivity index (χ1) is 6.42. The van der Waals surface area contributed by atoms with Crippen LogP contribution in [0.2, 0.25) is 0 Å². The second-order valence-corrected chi connectivity index (χ2v) is 2.47. The van der Waals surface area contributed by atoms with Gasteiger partial charge < -0.3 is 4.74 Å². The second-order valence-electron chi connectivity index (χ2n) is 2.47. The van der Waals surface area contributed by atoms with Crippen LogP contribution in [-0.4, -0.2) is 11.3 Å². The van der Waals surface area contributed by atoms with Gasteiger partial charge in [0.2, 0.25) is 5.88 Å². The Morgan fingerprint density at radius 1 is 1.43 bits per heavy atom. The number of rotatable bonds is 1. The van der Waals surface area contributed by atoms with Crippen LogP contribution in [0, 0.1) is 18.3 Å². The van der Waals surface area contributed by atoms with Crippen LogP contribution in [0.1, 0.15) is 11.3 Å². The molecule has 0 unspecified atom stereocenters. The van der Waals surface area contributed by atoms with E-state index in [-0.39, 0.29) is 5.69 Å². The molecule has 0 aliphatic heterocycles. The monoisotopic (exact) mass is 202 g/mol. The van der Waals surface area contributed by atoms with E-state index in [0.29, 0.717) is 5.56 Å². The summed E-state index contributed by atoms with van der Waals surface area (Å²) in [6.45, 7) is 1.57. The largest absolute Gasteiger partial charge is 0.574 e. The maximum atomic E-state index is 11.7. The van der Waals surface area contributed by atoms with Gasteiger partial charge in [-0.05, 0) is 12.5 Å². The summed E-state index contributed by atoms with van der Waals surface area (Å²) in [5.41, 5.74) is 0.425. The molecule has 14 heavy (non-hydrogen) atoms. The maximum Gasteiger partial charge on any atom is 0.574 e. The van der Waals surface area contributed by atoms with Crippen molar-refractivity contribution in [3.63, 3.8) is 0 Å². The topological polar surface area (TPSA) is 45.9 Å². The third-order valence-corrected chi connectivity index (χ3v) is 1.40. The van der Waals surface area contributed by atoms with E-state index in [2.05, 4.69) is 9.72 Å². The minimum Gasteiger partial charge on any atom is -0.388 e. The Bertz CT molecular complexity index is 381. The molecule has 1 rings (SSSR count). The molecule has 0 N–H and O–H groups in total. The minimum absolute atomic E-state index is 0.0771. The fourth-order valence-electron chi connectivity index (χ4n) is 0.799. The Kier molecular flexibility index (Phi) is 2.60. The molecule has 0 aliphatic carbocycles. The van der Waals surface area contributed by atoms with Gasteiger partial charge >= 0.3 is 6.36 Å². The predicted octanol–water partition coefficient (Wildman–Crippen LogP) is 2.16. The lowest BCUT2D eigenvalue weighted by Gasteiger charge is -2.07. The van der Waals surface area contributed by atoms with E-state index in [9.17, 15) is 13.2 Å². The van der Waals surface area contributed by atoms with E-state index in [4.69, 9.17) is 5.26 Å². The lowest BCUT2D eigenvalue weighted by Crippen LogP contribution is -2.18. The minimum atomic E-state index is -4.78. The van der Waals surface area contributed by atoms with Crippen LogP contribution in [0.25, 0.3) is 0 Å². The fourth-order valence-corrected chi connectivity index (χ4v) is 0.799. The van der Waals surface area contributed by atoms with E-state index in [1.807, 2.05) is 0 Å². The molecule has 1 aromatic rings. The van der Waals surface area contributed by atoms with Gasteiger partial charge in [-0.2, -0.15) is 5.26 Å². The second kappa shape index (κ2) is 3.54. The zero-order valence-corrected chi connectivity index (χ0v) is 7.09. The third kappa shape index (κ3) is 2.62. The van der Waals surface area contributed by atoms with Gasteiger partial charge in [0.15, 0.2) is 0 Å². The Balaban J connectivity index is 2.97. The zero-order valence-electron chi connectivity index (χ0n) is 7.09. The number of alkyl halides is 3. The molecule has 1 heterocycles. The summed E-state index contributed by atoms with van der Waals surface area (Å²) in [5.74, 6) is -0.625. The summed E-state index contributed by atoms with van der Waals surface area (Å²) in [7, 11) is 0. The van der Waals surface area contributed by atoms with Crippen molar-refractivity contribution in [3.05, 3.63) is 23.4 Å². The van der Waals surface area contributed by atoms with Crippen molar-refractivity contribution < 1.29 is 17.9 Å². The van der Waals surface area contributed by atoms with Gasteiger partial charge in [-0.3, -0.25) is 0 Å². The molecule has 1 aromatic heterocycles. The molecule has 0 bridgehead atoms. The van der Waals surface area contributed by atoms with E-state index >= 15 is 0 Å². The van der Waals surface area contributed by atoms with Crippen LogP contribution in [-0.2, 0) is 0 Å². The smallest absolute Gasteiger partial charge is 0.388 e. The number of aryl methyl sites for hydroxylation is 1. The molecular formula is C8H5F3N2O. The summed E-state index contributed by atoms with van der Waals surface area (Å²) in [6.07, 6.45) is -4.78. The van der Waals surface area contributed by atoms with Gasteiger partial charge in [0.1, 0.15) is 11.8 Å². The van der Waals surface area contributed by atoms with Gasteiger partial charge in [-0.15, -0.1) is 13.2 Å². The van der Waals surface area contributed by atoms with Crippen LogP contribution < -0.4 is 4.74 Å². The molecule has 0 saturated carbocycles. The molecule has 0 aromatic carbocycles. The highest BCUT2D eigenvalue weighted by Crippen LogP contribution is 2.21. The van der Waals surface area contributed by atoms with Crippen molar-refractivity contribution in [3.8, 4) is 11.9 Å². The number of hydrogen-bond donors (Lipinski definition) is 0. The Labute approximate surface area is 77.7 Å². The molecule has 6 heteroatoms. The lowest BCUT2D eigenvalue weighted by atomic mass is 10.2. The van der Waals surface area contributed by atoms with Crippen molar-refractivity contribution >= 4 is 0 Å². The van der Waals surface area contributed by atoms with Crippen molar-refractivity contribution in [1.82, 2.24) is 4.98 Å². The zero-order chi connectivity index (χ0) is 10.8. The van der Waals surface area contributed by atoms with Gasteiger partial charge in [-0.25, -0.2) is 4.98 Å². The van der Waals surface area contributed by atoms with E-state index in [1.54, 1.807) is 13.0 Å².